The number of amides is 1. The van der Waals surface area contributed by atoms with Gasteiger partial charge in [-0.2, -0.15) is 0 Å². The molecule has 1 fully saturated rings. The molecule has 0 aliphatic carbocycles. The molecule has 3 rings (SSSR count). The molecule has 0 radical (unpaired) electrons. The Labute approximate surface area is 161 Å². The molecule has 7 heteroatoms. The lowest BCUT2D eigenvalue weighted by Crippen LogP contribution is -2.29. The normalized spacial score (nSPS) is 18.3. The van der Waals surface area contributed by atoms with Gasteiger partial charge in [-0.1, -0.05) is 48.0 Å². The summed E-state index contributed by atoms with van der Waals surface area (Å²) in [5.74, 6) is -1.94. The van der Waals surface area contributed by atoms with Crippen LogP contribution in [0.25, 0.3) is 5.76 Å². The number of likely N-dealkylation sites (tertiary alicyclic amines) is 1. The van der Waals surface area contributed by atoms with Crippen LogP contribution in [0.2, 0.25) is 0 Å². The molecule has 1 amide bonds. The third-order valence-corrected chi connectivity index (χ3v) is 4.59. The van der Waals surface area contributed by atoms with Crippen LogP contribution >= 0.6 is 0 Å². The minimum Gasteiger partial charge on any atom is -0.507 e. The molecule has 2 aromatic rings. The van der Waals surface area contributed by atoms with E-state index >= 15 is 0 Å². The molecule has 142 valence electrons. The molecule has 1 heterocycles. The van der Waals surface area contributed by atoms with Crippen molar-refractivity contribution in [2.75, 3.05) is 6.54 Å². The summed E-state index contributed by atoms with van der Waals surface area (Å²) in [6.07, 6.45) is 1.46. The molecule has 1 aliphatic rings. The van der Waals surface area contributed by atoms with Gasteiger partial charge in [0.05, 0.1) is 16.5 Å². The predicted molar refractivity (Wildman–Crippen MR) is 103 cm³/mol. The zero-order chi connectivity index (χ0) is 20.4. The zero-order valence-corrected chi connectivity index (χ0v) is 15.2. The van der Waals surface area contributed by atoms with Crippen LogP contribution in [0.4, 0.5) is 5.69 Å². The molecule has 1 saturated heterocycles. The summed E-state index contributed by atoms with van der Waals surface area (Å²) in [5, 5.41) is 22.0. The largest absolute Gasteiger partial charge is 0.507 e. The van der Waals surface area contributed by atoms with Gasteiger partial charge in [0, 0.05) is 24.2 Å². The van der Waals surface area contributed by atoms with E-state index in [4.69, 9.17) is 0 Å². The van der Waals surface area contributed by atoms with Gasteiger partial charge < -0.3 is 10.0 Å². The number of carbonyl (C=O) groups excluding carboxylic acids is 2. The molecule has 0 spiro atoms. The van der Waals surface area contributed by atoms with Gasteiger partial charge >= 0.3 is 0 Å². The first kappa shape index (κ1) is 19.0. The molecule has 2 aromatic carbocycles. The number of aliphatic hydroxyl groups is 1. The maximum atomic E-state index is 12.7. The van der Waals surface area contributed by atoms with Crippen LogP contribution in [0.1, 0.15) is 22.7 Å². The van der Waals surface area contributed by atoms with Gasteiger partial charge in [0.2, 0.25) is 0 Å². The van der Waals surface area contributed by atoms with E-state index in [2.05, 4.69) is 6.58 Å². The quantitative estimate of drug-likeness (QED) is 0.214. The van der Waals surface area contributed by atoms with Gasteiger partial charge in [-0.3, -0.25) is 19.7 Å². The SMILES string of the molecule is C=CCN1C(=O)C(=O)/C(=C(/O)c2ccc(C)cc2)[C@H]1c1cccc([N+](=O)[O-])c1. The van der Waals surface area contributed by atoms with E-state index in [-0.39, 0.29) is 23.6 Å². The molecule has 1 N–H and O–H groups in total. The summed E-state index contributed by atoms with van der Waals surface area (Å²) in [6, 6.07) is 11.6. The van der Waals surface area contributed by atoms with Crippen LogP contribution in [-0.2, 0) is 9.59 Å². The van der Waals surface area contributed by atoms with Gasteiger partial charge in [0.1, 0.15) is 5.76 Å². The van der Waals surface area contributed by atoms with E-state index in [1.54, 1.807) is 30.3 Å². The average molecular weight is 378 g/mol. The summed E-state index contributed by atoms with van der Waals surface area (Å²) in [6.45, 7) is 5.55. The van der Waals surface area contributed by atoms with Crippen molar-refractivity contribution in [2.45, 2.75) is 13.0 Å². The zero-order valence-electron chi connectivity index (χ0n) is 15.2. The van der Waals surface area contributed by atoms with Gasteiger partial charge in [-0.25, -0.2) is 0 Å². The Morgan fingerprint density at radius 3 is 2.54 bits per heavy atom. The highest BCUT2D eigenvalue weighted by molar-refractivity contribution is 6.46. The summed E-state index contributed by atoms with van der Waals surface area (Å²) in [7, 11) is 0. The molecule has 1 aliphatic heterocycles. The van der Waals surface area contributed by atoms with Crippen molar-refractivity contribution < 1.29 is 19.6 Å². The molecule has 0 unspecified atom stereocenters. The summed E-state index contributed by atoms with van der Waals surface area (Å²) in [4.78, 5) is 37.1. The second-order valence-electron chi connectivity index (χ2n) is 6.46. The third kappa shape index (κ3) is 3.29. The van der Waals surface area contributed by atoms with Crippen molar-refractivity contribution in [3.63, 3.8) is 0 Å². The third-order valence-electron chi connectivity index (χ3n) is 4.59. The number of hydrogen-bond acceptors (Lipinski definition) is 5. The molecule has 28 heavy (non-hydrogen) atoms. The van der Waals surface area contributed by atoms with Crippen molar-refractivity contribution in [2.24, 2.45) is 0 Å². The number of nitro benzene ring substituents is 1. The highest BCUT2D eigenvalue weighted by atomic mass is 16.6. The monoisotopic (exact) mass is 378 g/mol. The minimum atomic E-state index is -0.945. The first-order valence-corrected chi connectivity index (χ1v) is 8.56. The van der Waals surface area contributed by atoms with E-state index in [1.165, 1.54) is 29.2 Å². The van der Waals surface area contributed by atoms with Crippen molar-refractivity contribution in [1.29, 1.82) is 0 Å². The van der Waals surface area contributed by atoms with Crippen molar-refractivity contribution in [1.82, 2.24) is 4.90 Å². The molecule has 7 nitrogen and oxygen atoms in total. The standard InChI is InChI=1S/C21H18N2O5/c1-3-11-22-18(15-5-4-6-16(12-15)23(27)28)17(20(25)21(22)26)19(24)14-9-7-13(2)8-10-14/h3-10,12,18,24H,1,11H2,2H3/b19-17+/t18-/m1/s1. The number of nitrogens with zero attached hydrogens (tertiary/aromatic N) is 2. The Hall–Kier alpha value is -3.74. The van der Waals surface area contributed by atoms with Gasteiger partial charge in [-0.05, 0) is 12.5 Å². The summed E-state index contributed by atoms with van der Waals surface area (Å²) in [5.41, 5.74) is 1.45. The first-order chi connectivity index (χ1) is 13.3. The second kappa shape index (κ2) is 7.48. The number of ketones is 1. The summed E-state index contributed by atoms with van der Waals surface area (Å²) < 4.78 is 0. The van der Waals surface area contributed by atoms with Gasteiger partial charge in [-0.15, -0.1) is 6.58 Å². The number of benzene rings is 2. The number of rotatable bonds is 5. The number of nitro groups is 1. The Balaban J connectivity index is 2.22. The average Bonchev–Trinajstić information content (AvgIpc) is 2.93. The number of aliphatic hydroxyl groups excluding tert-OH is 1. The Morgan fingerprint density at radius 2 is 1.93 bits per heavy atom. The lowest BCUT2D eigenvalue weighted by molar-refractivity contribution is -0.384. The Bertz CT molecular complexity index is 1010. The maximum Gasteiger partial charge on any atom is 0.295 e. The van der Waals surface area contributed by atoms with Crippen LogP contribution in [0.15, 0.2) is 66.8 Å². The van der Waals surface area contributed by atoms with E-state index in [1.807, 2.05) is 6.92 Å². The topological polar surface area (TPSA) is 101 Å². The van der Waals surface area contributed by atoms with Gasteiger partial charge in [0.25, 0.3) is 17.4 Å². The maximum absolute atomic E-state index is 12.7. The number of Topliss-reactive ketones (excluding diaryl/α,β-unsaturated/α-hetero) is 1. The molecule has 0 bridgehead atoms. The van der Waals surface area contributed by atoms with Gasteiger partial charge in [0.15, 0.2) is 0 Å². The second-order valence-corrected chi connectivity index (χ2v) is 6.46. The lowest BCUT2D eigenvalue weighted by atomic mass is 9.95. The van der Waals surface area contributed by atoms with E-state index in [9.17, 15) is 24.8 Å². The van der Waals surface area contributed by atoms with Crippen molar-refractivity contribution in [3.05, 3.63) is 93.6 Å². The van der Waals surface area contributed by atoms with Crippen molar-refractivity contribution >= 4 is 23.1 Å². The highest BCUT2D eigenvalue weighted by Crippen LogP contribution is 2.40. The Kier molecular flexibility index (Phi) is 5.08. The fourth-order valence-corrected chi connectivity index (χ4v) is 3.23. The van der Waals surface area contributed by atoms with Crippen molar-refractivity contribution in [3.8, 4) is 0 Å². The van der Waals surface area contributed by atoms with E-state index in [0.717, 1.165) is 5.56 Å². The predicted octanol–water partition coefficient (Wildman–Crippen LogP) is 3.51. The minimum absolute atomic E-state index is 0.0581. The molecular weight excluding hydrogens is 360 g/mol. The molecular formula is C21H18N2O5. The number of non-ortho nitro benzene ring substituents is 1. The van der Waals surface area contributed by atoms with Crippen LogP contribution in [-0.4, -0.2) is 33.2 Å². The first-order valence-electron chi connectivity index (χ1n) is 8.56. The van der Waals surface area contributed by atoms with E-state index < -0.39 is 22.7 Å². The lowest BCUT2D eigenvalue weighted by Gasteiger charge is -2.23. The number of carbonyl (C=O) groups is 2. The van der Waals surface area contributed by atoms with Crippen LogP contribution in [0.5, 0.6) is 0 Å². The number of aryl methyl sites for hydroxylation is 1. The van der Waals surface area contributed by atoms with Crippen LogP contribution in [0.3, 0.4) is 0 Å². The summed E-state index contributed by atoms with van der Waals surface area (Å²) >= 11 is 0. The van der Waals surface area contributed by atoms with Crippen LogP contribution < -0.4 is 0 Å². The molecule has 0 saturated carbocycles. The Morgan fingerprint density at radius 1 is 1.25 bits per heavy atom. The highest BCUT2D eigenvalue weighted by Gasteiger charge is 2.45. The number of hydrogen-bond donors (Lipinski definition) is 1. The smallest absolute Gasteiger partial charge is 0.295 e. The molecule has 0 aromatic heterocycles. The van der Waals surface area contributed by atoms with Crippen LogP contribution in [0, 0.1) is 17.0 Å². The fraction of sp³-hybridized carbons (Fsp3) is 0.143. The van der Waals surface area contributed by atoms with E-state index in [0.29, 0.717) is 11.1 Å². The fourth-order valence-electron chi connectivity index (χ4n) is 3.23. The molecule has 1 atom stereocenters.